The molecule has 6 heteroatoms. The lowest BCUT2D eigenvalue weighted by atomic mass is 10.1. The monoisotopic (exact) mass is 593 g/mol. The maximum atomic E-state index is 11.9. The number of nitrogens with one attached hydrogen (secondary N) is 3. The second-order valence-corrected chi connectivity index (χ2v) is 11.0. The van der Waals surface area contributed by atoms with Crippen molar-refractivity contribution in [2.45, 2.75) is 73.6 Å². The summed E-state index contributed by atoms with van der Waals surface area (Å²) < 4.78 is 0. The number of amides is 3. The highest BCUT2D eigenvalue weighted by atomic mass is 16.2. The van der Waals surface area contributed by atoms with Crippen molar-refractivity contribution < 1.29 is 14.4 Å². The highest BCUT2D eigenvalue weighted by Gasteiger charge is 2.05. The molecule has 0 aliphatic rings. The molecule has 4 aromatic rings. The fourth-order valence-corrected chi connectivity index (χ4v) is 4.13. The molecular formula is C38H47N3O3. The molecular weight excluding hydrogens is 546 g/mol. The van der Waals surface area contributed by atoms with Crippen LogP contribution in [-0.4, -0.2) is 17.7 Å². The number of hydrogen-bond donors (Lipinski definition) is 3. The summed E-state index contributed by atoms with van der Waals surface area (Å²) in [5.41, 5.74) is 7.91. The lowest BCUT2D eigenvalue weighted by Crippen LogP contribution is -2.11. The molecule has 232 valence electrons. The Morgan fingerprint density at radius 2 is 1.07 bits per heavy atom. The Hall–Kier alpha value is -4.71. The first-order valence-electron chi connectivity index (χ1n) is 15.2. The van der Waals surface area contributed by atoms with E-state index >= 15 is 0 Å². The van der Waals surface area contributed by atoms with Gasteiger partial charge in [0, 0.05) is 36.0 Å². The van der Waals surface area contributed by atoms with E-state index in [9.17, 15) is 14.4 Å². The number of carbonyl (C=O) groups excluding carboxylic acids is 3. The highest BCUT2D eigenvalue weighted by molar-refractivity contribution is 6.04. The third-order valence-electron chi connectivity index (χ3n) is 6.52. The topological polar surface area (TPSA) is 87.3 Å². The van der Waals surface area contributed by atoms with Gasteiger partial charge in [-0.1, -0.05) is 85.8 Å². The Morgan fingerprint density at radius 1 is 0.545 bits per heavy atom. The predicted octanol–water partition coefficient (Wildman–Crippen LogP) is 9.41. The van der Waals surface area contributed by atoms with Crippen LogP contribution >= 0.6 is 0 Å². The summed E-state index contributed by atoms with van der Waals surface area (Å²) >= 11 is 0. The summed E-state index contributed by atoms with van der Waals surface area (Å²) in [4.78, 5) is 34.1. The molecule has 4 aromatic carbocycles. The average molecular weight is 594 g/mol. The van der Waals surface area contributed by atoms with Gasteiger partial charge in [-0.15, -0.1) is 0 Å². The molecule has 6 nitrogen and oxygen atoms in total. The van der Waals surface area contributed by atoms with Crippen molar-refractivity contribution in [2.24, 2.45) is 0 Å². The second kappa shape index (κ2) is 19.5. The SMILES string of the molecule is CC(=O)Nc1cccc(C)c1.CCCCCCC(=O)Nc1cccc(C)c1.Cc1ccc(NC(=O)c2ccc(C)cc2)cc1. The Bertz CT molecular complexity index is 1460. The molecule has 4 rings (SSSR count). The van der Waals surface area contributed by atoms with E-state index in [1.165, 1.54) is 30.9 Å². The lowest BCUT2D eigenvalue weighted by molar-refractivity contribution is -0.116. The second-order valence-electron chi connectivity index (χ2n) is 11.0. The van der Waals surface area contributed by atoms with E-state index in [-0.39, 0.29) is 17.7 Å². The predicted molar refractivity (Wildman–Crippen MR) is 184 cm³/mol. The molecule has 0 aliphatic heterocycles. The molecule has 3 amide bonds. The van der Waals surface area contributed by atoms with Crippen molar-refractivity contribution in [3.05, 3.63) is 125 Å². The zero-order valence-electron chi connectivity index (χ0n) is 27.0. The van der Waals surface area contributed by atoms with Gasteiger partial charge >= 0.3 is 0 Å². The van der Waals surface area contributed by atoms with Crippen molar-refractivity contribution in [1.82, 2.24) is 0 Å². The Kier molecular flexibility index (Phi) is 15.7. The van der Waals surface area contributed by atoms with Crippen LogP contribution in [0, 0.1) is 27.7 Å². The van der Waals surface area contributed by atoms with Gasteiger partial charge in [0.15, 0.2) is 0 Å². The van der Waals surface area contributed by atoms with Gasteiger partial charge in [0.2, 0.25) is 11.8 Å². The number of rotatable bonds is 9. The molecule has 3 N–H and O–H groups in total. The van der Waals surface area contributed by atoms with Gasteiger partial charge in [0.1, 0.15) is 0 Å². The number of carbonyl (C=O) groups is 3. The number of unbranched alkanes of at least 4 members (excludes halogenated alkanes) is 3. The highest BCUT2D eigenvalue weighted by Crippen LogP contribution is 2.13. The van der Waals surface area contributed by atoms with E-state index in [0.29, 0.717) is 12.0 Å². The van der Waals surface area contributed by atoms with Gasteiger partial charge in [-0.3, -0.25) is 14.4 Å². The Balaban J connectivity index is 0.000000236. The van der Waals surface area contributed by atoms with Gasteiger partial charge in [0.25, 0.3) is 5.91 Å². The van der Waals surface area contributed by atoms with Crippen molar-refractivity contribution in [3.63, 3.8) is 0 Å². The summed E-state index contributed by atoms with van der Waals surface area (Å²) in [7, 11) is 0. The molecule has 0 saturated carbocycles. The Labute approximate surface area is 263 Å². The van der Waals surface area contributed by atoms with Gasteiger partial charge in [0.05, 0.1) is 0 Å². The van der Waals surface area contributed by atoms with E-state index in [1.807, 2.05) is 125 Å². The van der Waals surface area contributed by atoms with Gasteiger partial charge < -0.3 is 16.0 Å². The molecule has 0 aromatic heterocycles. The molecule has 0 bridgehead atoms. The molecule has 0 heterocycles. The van der Waals surface area contributed by atoms with Crippen LogP contribution in [0.4, 0.5) is 17.1 Å². The maximum Gasteiger partial charge on any atom is 0.255 e. The van der Waals surface area contributed by atoms with E-state index in [4.69, 9.17) is 0 Å². The standard InChI is InChI=1S/C15H15NO.C14H21NO.C9H11NO/c1-11-3-7-13(8-4-11)15(17)16-14-9-5-12(2)6-10-14;1-3-4-5-6-10-14(16)15-13-9-7-8-12(2)11-13;1-7-4-3-5-9(6-7)10-8(2)11/h3-10H,1-2H3,(H,16,17);7-9,11H,3-6,10H2,1-2H3,(H,15,16);3-6H,1-2H3,(H,10,11). The van der Waals surface area contributed by atoms with Crippen LogP contribution in [0.3, 0.4) is 0 Å². The quantitative estimate of drug-likeness (QED) is 0.169. The van der Waals surface area contributed by atoms with Crippen LogP contribution in [0.5, 0.6) is 0 Å². The van der Waals surface area contributed by atoms with Crippen molar-refractivity contribution in [2.75, 3.05) is 16.0 Å². The summed E-state index contributed by atoms with van der Waals surface area (Å²) in [6.07, 6.45) is 5.20. The summed E-state index contributed by atoms with van der Waals surface area (Å²) in [5, 5.41) is 8.49. The fraction of sp³-hybridized carbons (Fsp3) is 0.289. The first kappa shape index (κ1) is 35.5. The molecule has 44 heavy (non-hydrogen) atoms. The van der Waals surface area contributed by atoms with Gasteiger partial charge in [-0.2, -0.15) is 0 Å². The third kappa shape index (κ3) is 15.0. The minimum absolute atomic E-state index is 0.0319. The van der Waals surface area contributed by atoms with Gasteiger partial charge in [-0.25, -0.2) is 0 Å². The number of benzene rings is 4. The van der Waals surface area contributed by atoms with E-state index < -0.39 is 0 Å². The molecule has 0 radical (unpaired) electrons. The molecule has 0 atom stereocenters. The van der Waals surface area contributed by atoms with Crippen LogP contribution in [-0.2, 0) is 9.59 Å². The molecule has 0 aliphatic carbocycles. The average Bonchev–Trinajstić information content (AvgIpc) is 2.97. The van der Waals surface area contributed by atoms with Crippen LogP contribution in [0.15, 0.2) is 97.1 Å². The van der Waals surface area contributed by atoms with Crippen LogP contribution in [0.2, 0.25) is 0 Å². The minimum Gasteiger partial charge on any atom is -0.326 e. The largest absolute Gasteiger partial charge is 0.326 e. The molecule has 0 spiro atoms. The summed E-state index contributed by atoms with van der Waals surface area (Å²) in [5.74, 6) is 0.0196. The smallest absolute Gasteiger partial charge is 0.255 e. The maximum absolute atomic E-state index is 11.9. The molecule has 0 unspecified atom stereocenters. The normalized spacial score (nSPS) is 9.86. The van der Waals surface area contributed by atoms with E-state index in [0.717, 1.165) is 41.0 Å². The molecule has 0 fully saturated rings. The minimum atomic E-state index is -0.0751. The van der Waals surface area contributed by atoms with E-state index in [2.05, 4.69) is 22.9 Å². The fourth-order valence-electron chi connectivity index (χ4n) is 4.13. The zero-order chi connectivity index (χ0) is 32.3. The summed E-state index contributed by atoms with van der Waals surface area (Å²) in [6.45, 7) is 11.7. The van der Waals surface area contributed by atoms with Crippen LogP contribution in [0.25, 0.3) is 0 Å². The number of aryl methyl sites for hydroxylation is 4. The lowest BCUT2D eigenvalue weighted by Gasteiger charge is -2.05. The van der Waals surface area contributed by atoms with Crippen molar-refractivity contribution in [3.8, 4) is 0 Å². The van der Waals surface area contributed by atoms with Crippen molar-refractivity contribution in [1.29, 1.82) is 0 Å². The van der Waals surface area contributed by atoms with E-state index in [1.54, 1.807) is 0 Å². The zero-order valence-corrected chi connectivity index (χ0v) is 27.0. The molecule has 0 saturated heterocycles. The third-order valence-corrected chi connectivity index (χ3v) is 6.52. The Morgan fingerprint density at radius 3 is 1.57 bits per heavy atom. The van der Waals surface area contributed by atoms with Crippen LogP contribution < -0.4 is 16.0 Å². The van der Waals surface area contributed by atoms with Crippen LogP contribution in [0.1, 0.15) is 78.6 Å². The first-order chi connectivity index (χ1) is 21.0. The first-order valence-corrected chi connectivity index (χ1v) is 15.2. The van der Waals surface area contributed by atoms with Gasteiger partial charge in [-0.05, 0) is 93.8 Å². The number of hydrogen-bond acceptors (Lipinski definition) is 3. The van der Waals surface area contributed by atoms with Crippen molar-refractivity contribution >= 4 is 34.8 Å². The summed E-state index contributed by atoms with van der Waals surface area (Å²) in [6, 6.07) is 30.9. The number of anilines is 3.